The Balaban J connectivity index is 1.39. The van der Waals surface area contributed by atoms with Crippen LogP contribution in [0.25, 0.3) is 11.0 Å². The van der Waals surface area contributed by atoms with Crippen molar-refractivity contribution >= 4 is 22.8 Å². The van der Waals surface area contributed by atoms with Crippen molar-refractivity contribution in [1.82, 2.24) is 20.2 Å². The molecule has 2 amide bonds. The van der Waals surface area contributed by atoms with Crippen molar-refractivity contribution in [3.8, 4) is 0 Å². The highest BCUT2D eigenvalue weighted by Crippen LogP contribution is 2.30. The first-order valence-corrected chi connectivity index (χ1v) is 9.89. The van der Waals surface area contributed by atoms with Crippen molar-refractivity contribution in [2.75, 3.05) is 6.54 Å². The number of hydrogen-bond donors (Lipinski definition) is 2. The highest BCUT2D eigenvalue weighted by Gasteiger charge is 2.35. The van der Waals surface area contributed by atoms with Crippen LogP contribution >= 0.6 is 0 Å². The molecule has 1 aliphatic rings. The van der Waals surface area contributed by atoms with E-state index in [0.717, 1.165) is 23.2 Å². The Kier molecular flexibility index (Phi) is 5.43. The lowest BCUT2D eigenvalue weighted by molar-refractivity contribution is -0.137. The second-order valence-corrected chi connectivity index (χ2v) is 7.74. The number of aromatic amines is 1. The van der Waals surface area contributed by atoms with Gasteiger partial charge in [0.1, 0.15) is 5.82 Å². The SMILES string of the molecule is CC(NC(=O)C1CC(=O)N(Cc2cccc(C(F)(F)F)c2)C1)c1nc2ccccc2[nH]1. The predicted octanol–water partition coefficient (Wildman–Crippen LogP) is 3.81. The predicted molar refractivity (Wildman–Crippen MR) is 108 cm³/mol. The zero-order valence-corrected chi connectivity index (χ0v) is 16.7. The number of hydrogen-bond acceptors (Lipinski definition) is 3. The Morgan fingerprint density at radius 1 is 1.26 bits per heavy atom. The molecule has 0 bridgehead atoms. The standard InChI is InChI=1S/C22H21F3N4O2/c1-13(20-27-17-7-2-3-8-18(17)28-20)26-21(31)15-10-19(30)29(12-15)11-14-5-4-6-16(9-14)22(23,24)25/h2-9,13,15H,10-12H2,1H3,(H,26,31)(H,27,28). The Morgan fingerprint density at radius 3 is 2.77 bits per heavy atom. The van der Waals surface area contributed by atoms with E-state index in [4.69, 9.17) is 0 Å². The van der Waals surface area contributed by atoms with Gasteiger partial charge in [-0.2, -0.15) is 13.2 Å². The van der Waals surface area contributed by atoms with Crippen molar-refractivity contribution in [2.24, 2.45) is 5.92 Å². The maximum Gasteiger partial charge on any atom is 0.416 e. The van der Waals surface area contributed by atoms with E-state index in [0.29, 0.717) is 11.4 Å². The summed E-state index contributed by atoms with van der Waals surface area (Å²) in [6.07, 6.45) is -4.42. The summed E-state index contributed by atoms with van der Waals surface area (Å²) in [4.78, 5) is 34.1. The van der Waals surface area contributed by atoms with E-state index in [-0.39, 0.29) is 37.4 Å². The van der Waals surface area contributed by atoms with Crippen LogP contribution in [0.2, 0.25) is 0 Å². The summed E-state index contributed by atoms with van der Waals surface area (Å²) in [5.41, 5.74) is 1.27. The molecule has 3 aromatic rings. The smallest absolute Gasteiger partial charge is 0.346 e. The number of alkyl halides is 3. The maximum absolute atomic E-state index is 12.9. The van der Waals surface area contributed by atoms with Crippen LogP contribution in [0.1, 0.15) is 36.3 Å². The number of likely N-dealkylation sites (tertiary alicyclic amines) is 1. The van der Waals surface area contributed by atoms with E-state index in [1.54, 1.807) is 13.0 Å². The zero-order chi connectivity index (χ0) is 22.2. The molecule has 2 N–H and O–H groups in total. The Bertz CT molecular complexity index is 1090. The monoisotopic (exact) mass is 430 g/mol. The minimum absolute atomic E-state index is 0.0254. The van der Waals surface area contributed by atoms with Crippen LogP contribution in [0.5, 0.6) is 0 Å². The molecule has 2 heterocycles. The average Bonchev–Trinajstić information content (AvgIpc) is 3.31. The van der Waals surface area contributed by atoms with Gasteiger partial charge in [0.05, 0.1) is 28.6 Å². The van der Waals surface area contributed by atoms with Crippen LogP contribution < -0.4 is 5.32 Å². The topological polar surface area (TPSA) is 78.1 Å². The summed E-state index contributed by atoms with van der Waals surface area (Å²) >= 11 is 0. The number of benzene rings is 2. The van der Waals surface area contributed by atoms with E-state index in [1.165, 1.54) is 11.0 Å². The lowest BCUT2D eigenvalue weighted by Crippen LogP contribution is -2.34. The van der Waals surface area contributed by atoms with E-state index in [9.17, 15) is 22.8 Å². The van der Waals surface area contributed by atoms with Gasteiger partial charge in [-0.3, -0.25) is 9.59 Å². The number of fused-ring (bicyclic) bond motifs is 1. The fourth-order valence-electron chi connectivity index (χ4n) is 3.74. The zero-order valence-electron chi connectivity index (χ0n) is 16.7. The van der Waals surface area contributed by atoms with Gasteiger partial charge in [-0.05, 0) is 36.8 Å². The molecule has 4 rings (SSSR count). The molecule has 9 heteroatoms. The summed E-state index contributed by atoms with van der Waals surface area (Å²) in [5, 5.41) is 2.87. The van der Waals surface area contributed by atoms with E-state index in [1.807, 2.05) is 24.3 Å². The molecule has 0 saturated carbocycles. The second kappa shape index (κ2) is 8.05. The lowest BCUT2D eigenvalue weighted by Gasteiger charge is -2.18. The molecular weight excluding hydrogens is 409 g/mol. The van der Waals surface area contributed by atoms with Gasteiger partial charge in [-0.15, -0.1) is 0 Å². The number of nitrogens with one attached hydrogen (secondary N) is 2. The minimum atomic E-state index is -4.44. The van der Waals surface area contributed by atoms with Crippen molar-refractivity contribution < 1.29 is 22.8 Å². The fraction of sp³-hybridized carbons (Fsp3) is 0.318. The van der Waals surface area contributed by atoms with Gasteiger partial charge in [-0.1, -0.05) is 24.3 Å². The largest absolute Gasteiger partial charge is 0.416 e. The minimum Gasteiger partial charge on any atom is -0.346 e. The first-order chi connectivity index (χ1) is 14.7. The van der Waals surface area contributed by atoms with Gasteiger partial charge < -0.3 is 15.2 Å². The molecular formula is C22H21F3N4O2. The highest BCUT2D eigenvalue weighted by molar-refractivity contribution is 5.89. The van der Waals surface area contributed by atoms with Gasteiger partial charge in [0, 0.05) is 19.5 Å². The first-order valence-electron chi connectivity index (χ1n) is 9.89. The van der Waals surface area contributed by atoms with Gasteiger partial charge in [0.25, 0.3) is 0 Å². The van der Waals surface area contributed by atoms with Crippen molar-refractivity contribution in [1.29, 1.82) is 0 Å². The molecule has 2 atom stereocenters. The number of halogens is 3. The molecule has 1 aromatic heterocycles. The van der Waals surface area contributed by atoms with Crippen LogP contribution in [-0.2, 0) is 22.3 Å². The Morgan fingerprint density at radius 2 is 2.03 bits per heavy atom. The van der Waals surface area contributed by atoms with Crippen LogP contribution in [0, 0.1) is 5.92 Å². The molecule has 162 valence electrons. The molecule has 1 fully saturated rings. The van der Waals surface area contributed by atoms with E-state index >= 15 is 0 Å². The molecule has 0 radical (unpaired) electrons. The normalized spacial score (nSPS) is 17.9. The molecule has 2 aromatic carbocycles. The van der Waals surface area contributed by atoms with Crippen molar-refractivity contribution in [3.05, 3.63) is 65.5 Å². The van der Waals surface area contributed by atoms with Gasteiger partial charge in [-0.25, -0.2) is 4.98 Å². The number of carbonyl (C=O) groups excluding carboxylic acids is 2. The number of rotatable bonds is 5. The quantitative estimate of drug-likeness (QED) is 0.646. The van der Waals surface area contributed by atoms with Crippen molar-refractivity contribution in [3.63, 3.8) is 0 Å². The average molecular weight is 430 g/mol. The molecule has 2 unspecified atom stereocenters. The molecule has 1 aliphatic heterocycles. The number of para-hydroxylation sites is 2. The molecule has 0 spiro atoms. The summed E-state index contributed by atoms with van der Waals surface area (Å²) in [6, 6.07) is 12.0. The van der Waals surface area contributed by atoms with Crippen LogP contribution in [0.4, 0.5) is 13.2 Å². The van der Waals surface area contributed by atoms with Gasteiger partial charge >= 0.3 is 6.18 Å². The van der Waals surface area contributed by atoms with E-state index in [2.05, 4.69) is 15.3 Å². The first kappa shape index (κ1) is 20.9. The van der Waals surface area contributed by atoms with Crippen LogP contribution in [0.15, 0.2) is 48.5 Å². The number of amides is 2. The second-order valence-electron chi connectivity index (χ2n) is 7.74. The highest BCUT2D eigenvalue weighted by atomic mass is 19.4. The number of carbonyl (C=O) groups is 2. The third kappa shape index (κ3) is 4.55. The Hall–Kier alpha value is -3.36. The van der Waals surface area contributed by atoms with Crippen LogP contribution in [0.3, 0.4) is 0 Å². The van der Waals surface area contributed by atoms with E-state index < -0.39 is 17.7 Å². The lowest BCUT2D eigenvalue weighted by atomic mass is 10.1. The molecule has 31 heavy (non-hydrogen) atoms. The maximum atomic E-state index is 12.9. The number of aromatic nitrogens is 2. The number of imidazole rings is 1. The summed E-state index contributed by atoms with van der Waals surface area (Å²) in [5.74, 6) is -0.494. The summed E-state index contributed by atoms with van der Waals surface area (Å²) in [7, 11) is 0. The van der Waals surface area contributed by atoms with Crippen molar-refractivity contribution in [2.45, 2.75) is 32.1 Å². The fourth-order valence-corrected chi connectivity index (χ4v) is 3.74. The molecule has 0 aliphatic carbocycles. The third-order valence-corrected chi connectivity index (χ3v) is 5.39. The number of H-pyrrole nitrogens is 1. The van der Waals surface area contributed by atoms with Gasteiger partial charge in [0.15, 0.2) is 0 Å². The number of nitrogens with zero attached hydrogens (tertiary/aromatic N) is 2. The summed E-state index contributed by atoms with van der Waals surface area (Å²) in [6.45, 7) is 1.99. The molecule has 6 nitrogen and oxygen atoms in total. The third-order valence-electron chi connectivity index (χ3n) is 5.39. The van der Waals surface area contributed by atoms with Gasteiger partial charge in [0.2, 0.25) is 11.8 Å². The molecule has 1 saturated heterocycles. The summed E-state index contributed by atoms with van der Waals surface area (Å²) < 4.78 is 38.7. The van der Waals surface area contributed by atoms with Crippen LogP contribution in [-0.4, -0.2) is 33.2 Å². The Labute approximate surface area is 176 Å².